The lowest BCUT2D eigenvalue weighted by Crippen LogP contribution is -2.46. The Morgan fingerprint density at radius 2 is 1.68 bits per heavy atom. The molecule has 4 aromatic rings. The van der Waals surface area contributed by atoms with Gasteiger partial charge in [-0.15, -0.1) is 0 Å². The topological polar surface area (TPSA) is 48.8 Å². The van der Waals surface area contributed by atoms with Crippen molar-refractivity contribution >= 4 is 26.8 Å². The van der Waals surface area contributed by atoms with Crippen LogP contribution in [-0.4, -0.2) is 59.7 Å². The number of piperazine rings is 1. The lowest BCUT2D eigenvalue weighted by atomic mass is 9.71. The minimum Gasteiger partial charge on any atom is -0.481 e. The van der Waals surface area contributed by atoms with E-state index in [4.69, 9.17) is 9.72 Å². The summed E-state index contributed by atoms with van der Waals surface area (Å²) in [6.07, 6.45) is 2.48. The van der Waals surface area contributed by atoms with Gasteiger partial charge in [0.15, 0.2) is 0 Å². The molecule has 0 radical (unpaired) electrons. The SMILES string of the molecule is C=CN1CCN(CCC(O)(c2ccccc2)C(c2ccccc2)c2cc3cc(Br)ccc3nc2OC)CC1. The Balaban J connectivity index is 1.64. The molecule has 1 saturated heterocycles. The molecular weight excluding hydrogens is 538 g/mol. The molecule has 1 N–H and O–H groups in total. The maximum Gasteiger partial charge on any atom is 0.217 e. The summed E-state index contributed by atoms with van der Waals surface area (Å²) in [5.41, 5.74) is 2.42. The number of nitrogens with zero attached hydrogens (tertiary/aromatic N) is 3. The molecule has 1 aromatic heterocycles. The van der Waals surface area contributed by atoms with Crippen molar-refractivity contribution in [2.24, 2.45) is 0 Å². The van der Waals surface area contributed by atoms with Crippen molar-refractivity contribution in [3.05, 3.63) is 119 Å². The Hall–Kier alpha value is -3.19. The molecule has 2 heterocycles. The second kappa shape index (κ2) is 11.7. The molecule has 2 atom stereocenters. The molecule has 196 valence electrons. The van der Waals surface area contributed by atoms with Crippen molar-refractivity contribution < 1.29 is 9.84 Å². The number of rotatable bonds is 9. The first-order valence-electron chi connectivity index (χ1n) is 13.1. The predicted octanol–water partition coefficient (Wildman–Crippen LogP) is 6.18. The first-order valence-corrected chi connectivity index (χ1v) is 13.9. The molecule has 1 fully saturated rings. The summed E-state index contributed by atoms with van der Waals surface area (Å²) >= 11 is 3.61. The van der Waals surface area contributed by atoms with Crippen LogP contribution < -0.4 is 4.74 Å². The van der Waals surface area contributed by atoms with E-state index in [-0.39, 0.29) is 0 Å². The number of ether oxygens (including phenoxy) is 1. The summed E-state index contributed by atoms with van der Waals surface area (Å²) in [5.74, 6) is 0.133. The largest absolute Gasteiger partial charge is 0.481 e. The van der Waals surface area contributed by atoms with E-state index in [1.165, 1.54) is 0 Å². The van der Waals surface area contributed by atoms with E-state index in [1.54, 1.807) is 7.11 Å². The second-order valence-corrected chi connectivity index (χ2v) is 10.8. The van der Waals surface area contributed by atoms with E-state index in [0.717, 1.165) is 64.8 Å². The van der Waals surface area contributed by atoms with Crippen LogP contribution in [-0.2, 0) is 5.60 Å². The minimum absolute atomic E-state index is 0.397. The molecule has 3 aromatic carbocycles. The standard InChI is InChI=1S/C32H34BrN3O2/c1-3-35-18-20-36(21-19-35)17-16-32(37,26-12-8-5-9-13-26)30(24-10-6-4-7-11-24)28-23-25-22-27(33)14-15-29(25)34-31(28)38-2/h3-15,22-23,30,37H,1,16-21H2,2H3. The number of benzene rings is 3. The molecule has 0 saturated carbocycles. The Kier molecular flexibility index (Phi) is 8.12. The van der Waals surface area contributed by atoms with E-state index >= 15 is 0 Å². The van der Waals surface area contributed by atoms with Gasteiger partial charge in [-0.3, -0.25) is 4.90 Å². The highest BCUT2D eigenvalue weighted by Gasteiger charge is 2.42. The fourth-order valence-electron chi connectivity index (χ4n) is 5.55. The molecule has 0 aliphatic carbocycles. The van der Waals surface area contributed by atoms with Crippen LogP contribution in [0.25, 0.3) is 10.9 Å². The highest BCUT2D eigenvalue weighted by Crippen LogP contribution is 2.47. The van der Waals surface area contributed by atoms with Gasteiger partial charge in [0.05, 0.1) is 12.6 Å². The number of fused-ring (bicyclic) bond motifs is 1. The van der Waals surface area contributed by atoms with Crippen LogP contribution in [0.1, 0.15) is 29.0 Å². The quantitative estimate of drug-likeness (QED) is 0.260. The van der Waals surface area contributed by atoms with Gasteiger partial charge in [0.2, 0.25) is 5.88 Å². The molecule has 5 rings (SSSR count). The predicted molar refractivity (Wildman–Crippen MR) is 157 cm³/mol. The normalized spacial score (nSPS) is 16.7. The van der Waals surface area contributed by atoms with Gasteiger partial charge in [-0.1, -0.05) is 83.2 Å². The number of methoxy groups -OCH3 is 1. The average molecular weight is 573 g/mol. The van der Waals surface area contributed by atoms with Gasteiger partial charge in [0.1, 0.15) is 5.60 Å². The summed E-state index contributed by atoms with van der Waals surface area (Å²) in [7, 11) is 1.65. The summed E-state index contributed by atoms with van der Waals surface area (Å²) in [6, 6.07) is 28.4. The molecule has 1 aliphatic heterocycles. The zero-order valence-corrected chi connectivity index (χ0v) is 23.3. The number of hydrogen-bond donors (Lipinski definition) is 1. The van der Waals surface area contributed by atoms with Crippen molar-refractivity contribution in [1.82, 2.24) is 14.8 Å². The molecular formula is C32H34BrN3O2. The molecule has 0 bridgehead atoms. The van der Waals surface area contributed by atoms with Crippen molar-refractivity contribution in [3.8, 4) is 5.88 Å². The van der Waals surface area contributed by atoms with Gasteiger partial charge in [-0.25, -0.2) is 4.98 Å². The van der Waals surface area contributed by atoms with Crippen molar-refractivity contribution in [2.75, 3.05) is 39.8 Å². The number of hydrogen-bond acceptors (Lipinski definition) is 5. The molecule has 0 amide bonds. The van der Waals surface area contributed by atoms with Crippen LogP contribution in [0.3, 0.4) is 0 Å². The molecule has 6 heteroatoms. The zero-order chi connectivity index (χ0) is 26.5. The van der Waals surface area contributed by atoms with Gasteiger partial charge in [0, 0.05) is 54.1 Å². The van der Waals surface area contributed by atoms with Crippen molar-refractivity contribution in [2.45, 2.75) is 17.9 Å². The molecule has 38 heavy (non-hydrogen) atoms. The van der Waals surface area contributed by atoms with Crippen LogP contribution >= 0.6 is 15.9 Å². The maximum absolute atomic E-state index is 12.9. The third kappa shape index (κ3) is 5.48. The molecule has 0 spiro atoms. The average Bonchev–Trinajstić information content (AvgIpc) is 2.97. The summed E-state index contributed by atoms with van der Waals surface area (Å²) in [6.45, 7) is 8.48. The van der Waals surface area contributed by atoms with Crippen LogP contribution in [0, 0.1) is 0 Å². The zero-order valence-electron chi connectivity index (χ0n) is 21.8. The minimum atomic E-state index is -1.20. The van der Waals surface area contributed by atoms with Gasteiger partial charge in [0.25, 0.3) is 0 Å². The summed E-state index contributed by atoms with van der Waals surface area (Å²) < 4.78 is 6.86. The highest BCUT2D eigenvalue weighted by molar-refractivity contribution is 9.10. The fourth-order valence-corrected chi connectivity index (χ4v) is 5.93. The Labute approximate surface area is 233 Å². The van der Waals surface area contributed by atoms with Gasteiger partial charge in [-0.05, 0) is 48.0 Å². The molecule has 1 aliphatic rings. The molecule has 2 unspecified atom stereocenters. The lowest BCUT2D eigenvalue weighted by Gasteiger charge is -2.41. The van der Waals surface area contributed by atoms with E-state index in [2.05, 4.69) is 56.6 Å². The first kappa shape index (κ1) is 26.4. The Morgan fingerprint density at radius 3 is 2.34 bits per heavy atom. The second-order valence-electron chi connectivity index (χ2n) is 9.87. The highest BCUT2D eigenvalue weighted by atomic mass is 79.9. The maximum atomic E-state index is 12.9. The van der Waals surface area contributed by atoms with Gasteiger partial charge >= 0.3 is 0 Å². The summed E-state index contributed by atoms with van der Waals surface area (Å²) in [4.78, 5) is 9.56. The van der Waals surface area contributed by atoms with Crippen LogP contribution in [0.2, 0.25) is 0 Å². The Morgan fingerprint density at radius 1 is 1.00 bits per heavy atom. The van der Waals surface area contributed by atoms with Crippen LogP contribution in [0.5, 0.6) is 5.88 Å². The lowest BCUT2D eigenvalue weighted by molar-refractivity contribution is -0.00264. The molecule has 5 nitrogen and oxygen atoms in total. The fraction of sp³-hybridized carbons (Fsp3) is 0.281. The summed E-state index contributed by atoms with van der Waals surface area (Å²) in [5, 5.41) is 13.9. The monoisotopic (exact) mass is 571 g/mol. The van der Waals surface area contributed by atoms with E-state index < -0.39 is 11.5 Å². The van der Waals surface area contributed by atoms with E-state index in [1.807, 2.05) is 66.9 Å². The number of pyridine rings is 1. The number of aliphatic hydroxyl groups is 1. The Bertz CT molecular complexity index is 1370. The van der Waals surface area contributed by atoms with Crippen molar-refractivity contribution in [1.29, 1.82) is 0 Å². The number of aromatic nitrogens is 1. The van der Waals surface area contributed by atoms with E-state index in [0.29, 0.717) is 12.3 Å². The van der Waals surface area contributed by atoms with Gasteiger partial charge in [-0.2, -0.15) is 0 Å². The van der Waals surface area contributed by atoms with E-state index in [9.17, 15) is 5.11 Å². The third-order valence-electron chi connectivity index (χ3n) is 7.63. The first-order chi connectivity index (χ1) is 18.5. The van der Waals surface area contributed by atoms with Gasteiger partial charge < -0.3 is 14.7 Å². The van der Waals surface area contributed by atoms with Crippen LogP contribution in [0.15, 0.2) is 102 Å². The van der Waals surface area contributed by atoms with Crippen LogP contribution in [0.4, 0.5) is 0 Å². The smallest absolute Gasteiger partial charge is 0.217 e. The third-order valence-corrected chi connectivity index (χ3v) is 8.13. The number of halogens is 1. The van der Waals surface area contributed by atoms with Crippen molar-refractivity contribution in [3.63, 3.8) is 0 Å².